The Morgan fingerprint density at radius 3 is 2.66 bits per heavy atom. The van der Waals surface area contributed by atoms with Crippen molar-refractivity contribution >= 4 is 11.9 Å². The number of aromatic nitrogens is 5. The molecular weight excluding hydrogens is 442 g/mol. The van der Waals surface area contributed by atoms with Gasteiger partial charge in [0.2, 0.25) is 5.95 Å². The molecule has 0 unspecified atom stereocenters. The molecule has 1 fully saturated rings. The van der Waals surface area contributed by atoms with Crippen LogP contribution in [0, 0.1) is 0 Å². The van der Waals surface area contributed by atoms with Gasteiger partial charge in [-0.25, -0.2) is 15.0 Å². The van der Waals surface area contributed by atoms with Gasteiger partial charge in [-0.2, -0.15) is 5.10 Å². The highest BCUT2D eigenvalue weighted by molar-refractivity contribution is 5.93. The highest BCUT2D eigenvalue weighted by Gasteiger charge is 2.29. The molecular formula is C26H27N7O2. The van der Waals surface area contributed by atoms with Crippen molar-refractivity contribution in [1.29, 1.82) is 0 Å². The zero-order valence-corrected chi connectivity index (χ0v) is 19.8. The first kappa shape index (κ1) is 22.5. The third-order valence-corrected chi connectivity index (χ3v) is 6.30. The fraction of sp³-hybridized carbons (Fsp3) is 0.269. The van der Waals surface area contributed by atoms with Crippen LogP contribution in [-0.4, -0.2) is 55.7 Å². The molecule has 1 aliphatic heterocycles. The molecule has 1 saturated heterocycles. The predicted molar refractivity (Wildman–Crippen MR) is 133 cm³/mol. The van der Waals surface area contributed by atoms with E-state index in [0.717, 1.165) is 46.7 Å². The van der Waals surface area contributed by atoms with E-state index in [0.29, 0.717) is 18.8 Å². The summed E-state index contributed by atoms with van der Waals surface area (Å²) in [6.07, 6.45) is 7.16. The number of rotatable bonds is 5. The Balaban J connectivity index is 1.41. The minimum atomic E-state index is -0.0894. The molecule has 3 aromatic heterocycles. The fourth-order valence-corrected chi connectivity index (χ4v) is 4.53. The van der Waals surface area contributed by atoms with Crippen LogP contribution in [0.3, 0.4) is 0 Å². The number of methoxy groups -OCH3 is 1. The van der Waals surface area contributed by atoms with E-state index >= 15 is 0 Å². The summed E-state index contributed by atoms with van der Waals surface area (Å²) in [6.45, 7) is 1.21. The first-order valence-corrected chi connectivity index (χ1v) is 11.5. The van der Waals surface area contributed by atoms with Crippen molar-refractivity contribution in [3.05, 3.63) is 72.4 Å². The Bertz CT molecular complexity index is 1350. The number of likely N-dealkylation sites (tertiary alicyclic amines) is 1. The molecule has 0 saturated carbocycles. The summed E-state index contributed by atoms with van der Waals surface area (Å²) in [5.41, 5.74) is 10.8. The van der Waals surface area contributed by atoms with E-state index in [1.54, 1.807) is 30.3 Å². The second kappa shape index (κ2) is 9.54. The van der Waals surface area contributed by atoms with E-state index in [4.69, 9.17) is 10.5 Å². The molecule has 1 atom stereocenters. The van der Waals surface area contributed by atoms with Gasteiger partial charge in [0, 0.05) is 49.6 Å². The van der Waals surface area contributed by atoms with E-state index in [9.17, 15) is 4.79 Å². The van der Waals surface area contributed by atoms with Gasteiger partial charge < -0.3 is 15.4 Å². The van der Waals surface area contributed by atoms with Gasteiger partial charge in [-0.1, -0.05) is 18.2 Å². The number of hydrogen-bond acceptors (Lipinski definition) is 7. The number of nitrogens with two attached hydrogens (primary N) is 1. The minimum absolute atomic E-state index is 0.0385. The first-order chi connectivity index (χ1) is 17.0. The quantitative estimate of drug-likeness (QED) is 0.476. The molecule has 5 rings (SSSR count). The number of pyridine rings is 1. The zero-order chi connectivity index (χ0) is 24.4. The van der Waals surface area contributed by atoms with E-state index in [1.165, 1.54) is 0 Å². The first-order valence-electron chi connectivity index (χ1n) is 11.5. The Hall–Kier alpha value is -4.27. The van der Waals surface area contributed by atoms with Gasteiger partial charge in [-0.15, -0.1) is 0 Å². The molecule has 1 aliphatic rings. The average molecular weight is 470 g/mol. The molecule has 4 heterocycles. The summed E-state index contributed by atoms with van der Waals surface area (Å²) in [5, 5.41) is 4.20. The highest BCUT2D eigenvalue weighted by Crippen LogP contribution is 2.34. The van der Waals surface area contributed by atoms with Crippen molar-refractivity contribution in [3.8, 4) is 28.1 Å². The number of nitrogens with zero attached hydrogens (tertiary/aromatic N) is 6. The van der Waals surface area contributed by atoms with Crippen LogP contribution in [0.2, 0.25) is 0 Å². The second-order valence-electron chi connectivity index (χ2n) is 8.66. The van der Waals surface area contributed by atoms with Gasteiger partial charge in [0.25, 0.3) is 5.91 Å². The molecule has 178 valence electrons. The number of anilines is 1. The SMILES string of the molecule is COc1ccc(-c2cnc(N)nc2[C@@H]2CCCN(C(=O)c3cccc(-c4cnn(C)c4)n3)C2)cc1. The largest absolute Gasteiger partial charge is 0.497 e. The number of carbonyl (C=O) groups is 1. The Morgan fingerprint density at radius 1 is 1.09 bits per heavy atom. The summed E-state index contributed by atoms with van der Waals surface area (Å²) < 4.78 is 7.00. The van der Waals surface area contributed by atoms with Gasteiger partial charge in [-0.3, -0.25) is 9.48 Å². The van der Waals surface area contributed by atoms with Gasteiger partial charge in [0.1, 0.15) is 11.4 Å². The number of ether oxygens (including phenoxy) is 1. The lowest BCUT2D eigenvalue weighted by Crippen LogP contribution is -2.39. The van der Waals surface area contributed by atoms with Crippen LogP contribution < -0.4 is 10.5 Å². The average Bonchev–Trinajstić information content (AvgIpc) is 3.35. The van der Waals surface area contributed by atoms with Crippen molar-refractivity contribution in [2.45, 2.75) is 18.8 Å². The summed E-state index contributed by atoms with van der Waals surface area (Å²) in [5.74, 6) is 0.957. The van der Waals surface area contributed by atoms with Crippen molar-refractivity contribution in [2.24, 2.45) is 7.05 Å². The van der Waals surface area contributed by atoms with Crippen LogP contribution in [0.1, 0.15) is 34.9 Å². The summed E-state index contributed by atoms with van der Waals surface area (Å²) >= 11 is 0. The van der Waals surface area contributed by atoms with E-state index in [1.807, 2.05) is 54.5 Å². The molecule has 9 nitrogen and oxygen atoms in total. The van der Waals surface area contributed by atoms with Crippen LogP contribution in [-0.2, 0) is 7.05 Å². The molecule has 0 radical (unpaired) electrons. The van der Waals surface area contributed by atoms with Gasteiger partial charge >= 0.3 is 0 Å². The summed E-state index contributed by atoms with van der Waals surface area (Å²) in [6, 6.07) is 13.3. The summed E-state index contributed by atoms with van der Waals surface area (Å²) in [7, 11) is 3.49. The number of piperidine rings is 1. The third kappa shape index (κ3) is 4.70. The predicted octanol–water partition coefficient (Wildman–Crippen LogP) is 3.55. The topological polar surface area (TPSA) is 112 Å². The lowest BCUT2D eigenvalue weighted by Gasteiger charge is -2.33. The van der Waals surface area contributed by atoms with Crippen LogP contribution in [0.25, 0.3) is 22.4 Å². The van der Waals surface area contributed by atoms with Gasteiger partial charge in [0.15, 0.2) is 0 Å². The normalized spacial score (nSPS) is 15.7. The van der Waals surface area contributed by atoms with Crippen molar-refractivity contribution < 1.29 is 9.53 Å². The monoisotopic (exact) mass is 469 g/mol. The van der Waals surface area contributed by atoms with Crippen LogP contribution in [0.5, 0.6) is 5.75 Å². The van der Waals surface area contributed by atoms with Crippen molar-refractivity contribution in [3.63, 3.8) is 0 Å². The molecule has 4 aromatic rings. The maximum atomic E-state index is 13.4. The Labute approximate surface area is 203 Å². The Morgan fingerprint density at radius 2 is 1.91 bits per heavy atom. The molecule has 1 aromatic carbocycles. The van der Waals surface area contributed by atoms with Crippen LogP contribution >= 0.6 is 0 Å². The van der Waals surface area contributed by atoms with Crippen LogP contribution in [0.4, 0.5) is 5.95 Å². The van der Waals surface area contributed by atoms with Crippen molar-refractivity contribution in [1.82, 2.24) is 29.6 Å². The second-order valence-corrected chi connectivity index (χ2v) is 8.66. The van der Waals surface area contributed by atoms with E-state index in [2.05, 4.69) is 20.1 Å². The maximum Gasteiger partial charge on any atom is 0.272 e. The number of amides is 1. The van der Waals surface area contributed by atoms with Crippen molar-refractivity contribution in [2.75, 3.05) is 25.9 Å². The number of benzene rings is 1. The zero-order valence-electron chi connectivity index (χ0n) is 19.8. The molecule has 1 amide bonds. The molecule has 35 heavy (non-hydrogen) atoms. The number of carbonyl (C=O) groups excluding carboxylic acids is 1. The van der Waals surface area contributed by atoms with Gasteiger partial charge in [0.05, 0.1) is 24.7 Å². The lowest BCUT2D eigenvalue weighted by molar-refractivity contribution is 0.0700. The standard InChI is InChI=1S/C26H27N7O2/c1-32-15-19(13-29-32)22-6-3-7-23(30-22)25(34)33-12-4-5-18(16-33)24-21(14-28-26(27)31-24)17-8-10-20(35-2)11-9-17/h3,6-11,13-15,18H,4-5,12,16H2,1-2H3,(H2,27,28,31)/t18-/m1/s1. The smallest absolute Gasteiger partial charge is 0.272 e. The molecule has 9 heteroatoms. The molecule has 2 N–H and O–H groups in total. The maximum absolute atomic E-state index is 13.4. The number of nitrogen functional groups attached to an aromatic ring is 1. The molecule has 0 bridgehead atoms. The number of hydrogen-bond donors (Lipinski definition) is 1. The fourth-order valence-electron chi connectivity index (χ4n) is 4.53. The summed E-state index contributed by atoms with van der Waals surface area (Å²) in [4.78, 5) is 28.8. The van der Waals surface area contributed by atoms with E-state index < -0.39 is 0 Å². The van der Waals surface area contributed by atoms with E-state index in [-0.39, 0.29) is 17.8 Å². The molecule has 0 spiro atoms. The number of aryl methyl sites for hydroxylation is 1. The highest BCUT2D eigenvalue weighted by atomic mass is 16.5. The van der Waals surface area contributed by atoms with Gasteiger partial charge in [-0.05, 0) is 42.7 Å². The third-order valence-electron chi connectivity index (χ3n) is 6.30. The Kier molecular flexibility index (Phi) is 6.13. The van der Waals surface area contributed by atoms with Crippen LogP contribution in [0.15, 0.2) is 61.1 Å². The molecule has 0 aliphatic carbocycles. The lowest BCUT2D eigenvalue weighted by atomic mass is 9.89. The minimum Gasteiger partial charge on any atom is -0.497 e.